The number of nitrogens with one attached hydrogen (secondary N) is 3. The van der Waals surface area contributed by atoms with Gasteiger partial charge in [0.25, 0.3) is 0 Å². The Morgan fingerprint density at radius 3 is 2.48 bits per heavy atom. The monoisotopic (exact) mass is 667 g/mol. The van der Waals surface area contributed by atoms with Gasteiger partial charge in [-0.2, -0.15) is 4.68 Å². The van der Waals surface area contributed by atoms with E-state index in [1.165, 1.54) is 49.5 Å². The Kier molecular flexibility index (Phi) is 11.8. The van der Waals surface area contributed by atoms with Crippen LogP contribution < -0.4 is 16.0 Å². The van der Waals surface area contributed by atoms with Crippen molar-refractivity contribution in [1.29, 1.82) is 0 Å². The van der Waals surface area contributed by atoms with Crippen LogP contribution >= 0.6 is 19.2 Å². The highest BCUT2D eigenvalue weighted by Crippen LogP contribution is 2.47. The molecule has 1 aromatic heterocycles. The van der Waals surface area contributed by atoms with Crippen LogP contribution in [0.3, 0.4) is 0 Å². The minimum absolute atomic E-state index is 0.0352. The number of hydrogen-bond donors (Lipinski definition) is 4. The van der Waals surface area contributed by atoms with E-state index in [0.29, 0.717) is 27.5 Å². The number of benzene rings is 3. The molecular weight excluding hydrogens is 637 g/mol. The summed E-state index contributed by atoms with van der Waals surface area (Å²) in [5.41, 5.74) is 2.97. The van der Waals surface area contributed by atoms with Crippen LogP contribution in [0.5, 0.6) is 0 Å². The van der Waals surface area contributed by atoms with Crippen LogP contribution in [-0.2, 0) is 36.0 Å². The summed E-state index contributed by atoms with van der Waals surface area (Å²) in [6.07, 6.45) is 3.19. The third-order valence-corrected chi connectivity index (χ3v) is 8.86. The molecule has 0 bridgehead atoms. The molecule has 1 atom stereocenters. The molecule has 0 saturated carbocycles. The van der Waals surface area contributed by atoms with Crippen LogP contribution in [-0.4, -0.2) is 69.6 Å². The fraction of sp³-hybridized carbons (Fsp3) is 0.200. The fourth-order valence-electron chi connectivity index (χ4n) is 4.44. The second-order valence-electron chi connectivity index (χ2n) is 9.78. The standard InChI is InChI=1S/C30H31ClN7O7P/c1-44-46(43,45-2)15-14-21-18-24(10-11-25(21)35-30(41)42)33-29(40)26(16-20-6-4-3-5-7-20)34-28(39)13-8-22-17-23(31)9-12-27(22)38-19-32-36-37-38/h3-13,17-19,26,35H,14-16H2,1-2H3,(H,33,40)(H,34,39)(H,41,42)/t26-/m0/s1. The van der Waals surface area contributed by atoms with Crippen molar-refractivity contribution in [3.8, 4) is 5.69 Å². The number of amides is 3. The number of anilines is 2. The molecule has 0 aliphatic heterocycles. The highest BCUT2D eigenvalue weighted by atomic mass is 35.5. The third kappa shape index (κ3) is 9.56. The van der Waals surface area contributed by atoms with E-state index in [4.69, 9.17) is 20.6 Å². The second kappa shape index (κ2) is 15.9. The quantitative estimate of drug-likeness (QED) is 0.107. The number of halogens is 1. The van der Waals surface area contributed by atoms with Crippen molar-refractivity contribution in [2.45, 2.75) is 18.9 Å². The molecule has 1 heterocycles. The lowest BCUT2D eigenvalue weighted by Gasteiger charge is -2.19. The Balaban J connectivity index is 1.55. The van der Waals surface area contributed by atoms with Crippen molar-refractivity contribution in [2.24, 2.45) is 0 Å². The summed E-state index contributed by atoms with van der Waals surface area (Å²) in [5.74, 6) is -1.07. The Morgan fingerprint density at radius 1 is 1.04 bits per heavy atom. The van der Waals surface area contributed by atoms with Crippen molar-refractivity contribution < 1.29 is 33.1 Å². The van der Waals surface area contributed by atoms with Gasteiger partial charge in [-0.15, -0.1) is 5.10 Å². The number of tetrazole rings is 1. The number of aromatic nitrogens is 4. The maximum absolute atomic E-state index is 13.6. The van der Waals surface area contributed by atoms with Gasteiger partial charge in [0.1, 0.15) is 12.4 Å². The molecule has 16 heteroatoms. The van der Waals surface area contributed by atoms with Crippen molar-refractivity contribution in [1.82, 2.24) is 25.5 Å². The van der Waals surface area contributed by atoms with Crippen molar-refractivity contribution >= 4 is 54.6 Å². The zero-order chi connectivity index (χ0) is 33.1. The average molecular weight is 668 g/mol. The first-order chi connectivity index (χ1) is 22.1. The second-order valence-corrected chi connectivity index (χ2v) is 12.6. The zero-order valence-corrected chi connectivity index (χ0v) is 26.4. The summed E-state index contributed by atoms with van der Waals surface area (Å²) >= 11 is 6.18. The van der Waals surface area contributed by atoms with Crippen LogP contribution in [0.15, 0.2) is 79.1 Å². The molecule has 0 fully saturated rings. The maximum Gasteiger partial charge on any atom is 0.409 e. The summed E-state index contributed by atoms with van der Waals surface area (Å²) in [6.45, 7) is 0. The molecule has 0 aliphatic carbocycles. The molecule has 3 aromatic carbocycles. The van der Waals surface area contributed by atoms with E-state index in [1.54, 1.807) is 24.3 Å². The van der Waals surface area contributed by atoms with Crippen LogP contribution in [0.25, 0.3) is 11.8 Å². The van der Waals surface area contributed by atoms with Gasteiger partial charge in [0.05, 0.1) is 11.8 Å². The fourth-order valence-corrected chi connectivity index (χ4v) is 5.65. The number of carbonyl (C=O) groups is 3. The summed E-state index contributed by atoms with van der Waals surface area (Å²) in [7, 11) is -0.878. The Hall–Kier alpha value is -4.88. The normalized spacial score (nSPS) is 12.1. The van der Waals surface area contributed by atoms with E-state index < -0.39 is 31.5 Å². The molecule has 14 nitrogen and oxygen atoms in total. The van der Waals surface area contributed by atoms with E-state index in [2.05, 4.69) is 31.5 Å². The van der Waals surface area contributed by atoms with Gasteiger partial charge in [-0.3, -0.25) is 19.5 Å². The minimum Gasteiger partial charge on any atom is -0.465 e. The SMILES string of the molecule is COP(=O)(CCc1cc(NC(=O)[C@H](Cc2ccccc2)NC(=O)C=Cc2cc(Cl)ccc2-n2cnnn2)ccc1NC(=O)O)OC. The topological polar surface area (TPSA) is 187 Å². The predicted molar refractivity (Wildman–Crippen MR) is 172 cm³/mol. The van der Waals surface area contributed by atoms with Gasteiger partial charge < -0.3 is 24.8 Å². The van der Waals surface area contributed by atoms with Crippen molar-refractivity contribution in [3.05, 3.63) is 101 Å². The van der Waals surface area contributed by atoms with Crippen LogP contribution in [0, 0.1) is 0 Å². The van der Waals surface area contributed by atoms with Gasteiger partial charge in [-0.05, 0) is 70.4 Å². The number of aryl methyl sites for hydroxylation is 1. The molecule has 0 saturated heterocycles. The van der Waals surface area contributed by atoms with Crippen molar-refractivity contribution in [3.63, 3.8) is 0 Å². The highest BCUT2D eigenvalue weighted by molar-refractivity contribution is 7.53. The summed E-state index contributed by atoms with van der Waals surface area (Å²) in [6, 6.07) is 17.7. The van der Waals surface area contributed by atoms with Gasteiger partial charge in [-0.1, -0.05) is 41.9 Å². The largest absolute Gasteiger partial charge is 0.465 e. The third-order valence-electron chi connectivity index (χ3n) is 6.74. The lowest BCUT2D eigenvalue weighted by Crippen LogP contribution is -2.44. The first-order valence-electron chi connectivity index (χ1n) is 13.8. The first-order valence-corrected chi connectivity index (χ1v) is 15.9. The molecule has 4 rings (SSSR count). The summed E-state index contributed by atoms with van der Waals surface area (Å²) in [4.78, 5) is 38.1. The number of carboxylic acid groups (broad SMARTS) is 1. The molecule has 0 unspecified atom stereocenters. The van der Waals surface area contributed by atoms with Crippen LogP contribution in [0.1, 0.15) is 16.7 Å². The molecule has 0 aliphatic rings. The molecule has 0 radical (unpaired) electrons. The van der Waals surface area contributed by atoms with E-state index in [9.17, 15) is 24.1 Å². The van der Waals surface area contributed by atoms with Gasteiger partial charge >= 0.3 is 13.7 Å². The molecule has 4 aromatic rings. The number of hydrogen-bond acceptors (Lipinski definition) is 9. The van der Waals surface area contributed by atoms with E-state index in [0.717, 1.165) is 5.56 Å². The number of carbonyl (C=O) groups excluding carboxylic acids is 2. The Bertz CT molecular complexity index is 1750. The molecular formula is C30H31ClN7O7P. The van der Waals surface area contributed by atoms with E-state index in [1.807, 2.05) is 30.3 Å². The first kappa shape index (κ1) is 34.0. The van der Waals surface area contributed by atoms with Gasteiger partial charge in [0.2, 0.25) is 11.8 Å². The lowest BCUT2D eigenvalue weighted by atomic mass is 10.0. The molecule has 4 N–H and O–H groups in total. The Morgan fingerprint density at radius 2 is 1.80 bits per heavy atom. The average Bonchev–Trinajstić information content (AvgIpc) is 3.58. The summed E-state index contributed by atoms with van der Waals surface area (Å²) in [5, 5.41) is 28.7. The molecule has 240 valence electrons. The Labute approximate surface area is 269 Å². The highest BCUT2D eigenvalue weighted by Gasteiger charge is 2.24. The van der Waals surface area contributed by atoms with Crippen molar-refractivity contribution in [2.75, 3.05) is 31.0 Å². The number of nitrogens with zero attached hydrogens (tertiary/aromatic N) is 4. The van der Waals surface area contributed by atoms with E-state index in [-0.39, 0.29) is 24.7 Å². The molecule has 46 heavy (non-hydrogen) atoms. The molecule has 0 spiro atoms. The van der Waals surface area contributed by atoms with Crippen LogP contribution in [0.2, 0.25) is 5.02 Å². The predicted octanol–water partition coefficient (Wildman–Crippen LogP) is 4.81. The maximum atomic E-state index is 13.6. The molecule has 3 amide bonds. The number of rotatable bonds is 14. The van der Waals surface area contributed by atoms with Crippen LogP contribution in [0.4, 0.5) is 16.2 Å². The zero-order valence-electron chi connectivity index (χ0n) is 24.8. The summed E-state index contributed by atoms with van der Waals surface area (Å²) < 4.78 is 24.0. The van der Waals surface area contributed by atoms with Gasteiger partial charge in [-0.25, -0.2) is 4.79 Å². The van der Waals surface area contributed by atoms with Gasteiger partial charge in [0, 0.05) is 48.7 Å². The van der Waals surface area contributed by atoms with E-state index >= 15 is 0 Å². The smallest absolute Gasteiger partial charge is 0.409 e. The minimum atomic E-state index is -3.40. The lowest BCUT2D eigenvalue weighted by molar-refractivity contribution is -0.123. The van der Waals surface area contributed by atoms with Gasteiger partial charge in [0.15, 0.2) is 0 Å².